The average molecular weight is 489 g/mol. The Hall–Kier alpha value is -2.80. The number of piperidine rings is 1. The van der Waals surface area contributed by atoms with Crippen LogP contribution in [-0.4, -0.2) is 43.9 Å². The van der Waals surface area contributed by atoms with Gasteiger partial charge < -0.3 is 10.0 Å². The van der Waals surface area contributed by atoms with Crippen LogP contribution in [0.4, 0.5) is 32.2 Å². The van der Waals surface area contributed by atoms with Crippen molar-refractivity contribution in [1.29, 1.82) is 0 Å². The second-order valence-corrected chi connectivity index (χ2v) is 8.34. The van der Waals surface area contributed by atoms with Crippen molar-refractivity contribution in [3.8, 4) is 10.7 Å². The summed E-state index contributed by atoms with van der Waals surface area (Å²) in [7, 11) is 0. The van der Waals surface area contributed by atoms with Crippen LogP contribution < -0.4 is 4.90 Å². The SMILES string of the molecule is OCc1nsc(-c2ccc(N3CCC(c4ccc(C(F)(F)F)cc4)(C(F)(F)F)CC3)nn2)n1. The molecule has 0 aliphatic carbocycles. The summed E-state index contributed by atoms with van der Waals surface area (Å²) in [5.41, 5.74) is -2.99. The molecule has 0 amide bonds. The van der Waals surface area contributed by atoms with Gasteiger partial charge in [-0.3, -0.25) is 0 Å². The van der Waals surface area contributed by atoms with Crippen LogP contribution in [0, 0.1) is 0 Å². The maximum absolute atomic E-state index is 14.1. The number of rotatable bonds is 4. The number of anilines is 1. The maximum Gasteiger partial charge on any atom is 0.416 e. The highest BCUT2D eigenvalue weighted by molar-refractivity contribution is 7.09. The predicted octanol–water partition coefficient (Wildman–Crippen LogP) is 4.61. The molecule has 0 spiro atoms. The fraction of sp³-hybridized carbons (Fsp3) is 0.400. The van der Waals surface area contributed by atoms with E-state index < -0.39 is 23.3 Å². The van der Waals surface area contributed by atoms with E-state index in [0.29, 0.717) is 28.7 Å². The Morgan fingerprint density at radius 3 is 2.09 bits per heavy atom. The van der Waals surface area contributed by atoms with E-state index in [-0.39, 0.29) is 43.9 Å². The summed E-state index contributed by atoms with van der Waals surface area (Å²) < 4.78 is 84.8. The molecular weight excluding hydrogens is 472 g/mol. The van der Waals surface area contributed by atoms with Crippen molar-refractivity contribution in [1.82, 2.24) is 19.6 Å². The maximum atomic E-state index is 14.1. The van der Waals surface area contributed by atoms with E-state index in [0.717, 1.165) is 23.7 Å². The molecule has 0 bridgehead atoms. The van der Waals surface area contributed by atoms with E-state index in [2.05, 4.69) is 19.6 Å². The van der Waals surface area contributed by atoms with Gasteiger partial charge in [0.05, 0.1) is 11.0 Å². The van der Waals surface area contributed by atoms with Crippen LogP contribution >= 0.6 is 11.5 Å². The molecule has 1 aliphatic rings. The first-order chi connectivity index (χ1) is 15.5. The van der Waals surface area contributed by atoms with Gasteiger partial charge in [-0.2, -0.15) is 30.7 Å². The quantitative estimate of drug-likeness (QED) is 0.540. The summed E-state index contributed by atoms with van der Waals surface area (Å²) in [4.78, 5) is 5.74. The largest absolute Gasteiger partial charge is 0.416 e. The van der Waals surface area contributed by atoms with Crippen LogP contribution in [0.15, 0.2) is 36.4 Å². The van der Waals surface area contributed by atoms with Crippen LogP contribution in [0.1, 0.15) is 29.8 Å². The van der Waals surface area contributed by atoms with E-state index in [4.69, 9.17) is 5.11 Å². The zero-order chi connectivity index (χ0) is 23.9. The van der Waals surface area contributed by atoms with E-state index in [1.165, 1.54) is 0 Å². The lowest BCUT2D eigenvalue weighted by molar-refractivity contribution is -0.196. The number of hydrogen-bond donors (Lipinski definition) is 1. The molecule has 3 aromatic rings. The lowest BCUT2D eigenvalue weighted by Crippen LogP contribution is -2.51. The summed E-state index contributed by atoms with van der Waals surface area (Å²) >= 11 is 1.04. The lowest BCUT2D eigenvalue weighted by atomic mass is 9.72. The predicted molar refractivity (Wildman–Crippen MR) is 107 cm³/mol. The van der Waals surface area contributed by atoms with Gasteiger partial charge in [-0.25, -0.2) is 4.98 Å². The number of alkyl halides is 6. The number of aliphatic hydroxyl groups is 1. The molecule has 1 fully saturated rings. The van der Waals surface area contributed by atoms with Crippen LogP contribution in [0.2, 0.25) is 0 Å². The second-order valence-electron chi connectivity index (χ2n) is 7.59. The summed E-state index contributed by atoms with van der Waals surface area (Å²) in [6.45, 7) is -0.306. The molecule has 2 aromatic heterocycles. The molecule has 6 nitrogen and oxygen atoms in total. The summed E-state index contributed by atoms with van der Waals surface area (Å²) in [5.74, 6) is 0.637. The van der Waals surface area contributed by atoms with Crippen molar-refractivity contribution in [2.45, 2.75) is 37.2 Å². The van der Waals surface area contributed by atoms with Gasteiger partial charge in [-0.1, -0.05) is 12.1 Å². The van der Waals surface area contributed by atoms with Gasteiger partial charge in [0.25, 0.3) is 0 Å². The molecule has 1 N–H and O–H groups in total. The monoisotopic (exact) mass is 489 g/mol. The summed E-state index contributed by atoms with van der Waals surface area (Å²) in [6, 6.07) is 6.45. The van der Waals surface area contributed by atoms with E-state index >= 15 is 0 Å². The highest BCUT2D eigenvalue weighted by Gasteiger charge is 2.56. The Labute approximate surface area is 188 Å². The van der Waals surface area contributed by atoms with Crippen molar-refractivity contribution >= 4 is 17.4 Å². The standard InChI is InChI=1S/C20H17F6N5OS/c21-19(22,23)13-3-1-12(2-4-13)18(20(24,25)26)7-9-31(10-8-18)16-6-5-14(28-29-16)17-27-15(11-32)30-33-17/h1-6,32H,7-11H2. The molecule has 13 heteroatoms. The molecular formula is C20H17F6N5OS. The Morgan fingerprint density at radius 1 is 0.939 bits per heavy atom. The van der Waals surface area contributed by atoms with Crippen molar-refractivity contribution in [2.75, 3.05) is 18.0 Å². The zero-order valence-electron chi connectivity index (χ0n) is 16.9. The molecule has 1 saturated heterocycles. The average Bonchev–Trinajstić information content (AvgIpc) is 3.27. The van der Waals surface area contributed by atoms with E-state index in [9.17, 15) is 26.3 Å². The minimum atomic E-state index is -4.63. The van der Waals surface area contributed by atoms with Gasteiger partial charge in [0.15, 0.2) is 16.6 Å². The number of benzene rings is 1. The normalized spacial score (nSPS) is 16.8. The number of nitrogens with zero attached hydrogens (tertiary/aromatic N) is 5. The molecule has 33 heavy (non-hydrogen) atoms. The first kappa shape index (κ1) is 23.4. The number of hydrogen-bond acceptors (Lipinski definition) is 7. The highest BCUT2D eigenvalue weighted by atomic mass is 32.1. The molecule has 0 unspecified atom stereocenters. The molecule has 176 valence electrons. The molecule has 3 heterocycles. The van der Waals surface area contributed by atoms with Gasteiger partial charge in [0, 0.05) is 13.1 Å². The molecule has 1 aliphatic heterocycles. The number of halogens is 6. The van der Waals surface area contributed by atoms with E-state index in [1.807, 2.05) is 0 Å². The smallest absolute Gasteiger partial charge is 0.388 e. The van der Waals surface area contributed by atoms with Gasteiger partial charge in [-0.15, -0.1) is 10.2 Å². The summed E-state index contributed by atoms with van der Waals surface area (Å²) in [6.07, 6.45) is -9.91. The lowest BCUT2D eigenvalue weighted by Gasteiger charge is -2.43. The molecule has 1 aromatic carbocycles. The Kier molecular flexibility index (Phi) is 6.03. The summed E-state index contributed by atoms with van der Waals surface area (Å²) in [5, 5.41) is 17.6. The highest BCUT2D eigenvalue weighted by Crippen LogP contribution is 2.49. The first-order valence-electron chi connectivity index (χ1n) is 9.80. The minimum absolute atomic E-state index is 0.00201. The molecule has 0 atom stereocenters. The van der Waals surface area contributed by atoms with Crippen molar-refractivity contribution in [3.63, 3.8) is 0 Å². The fourth-order valence-corrected chi connectivity index (χ4v) is 4.50. The molecule has 4 rings (SSSR count). The Bertz CT molecular complexity index is 1090. The van der Waals surface area contributed by atoms with E-state index in [1.54, 1.807) is 17.0 Å². The van der Waals surface area contributed by atoms with Crippen LogP contribution in [0.5, 0.6) is 0 Å². The van der Waals surface area contributed by atoms with Crippen LogP contribution in [0.25, 0.3) is 10.7 Å². The topological polar surface area (TPSA) is 75.0 Å². The van der Waals surface area contributed by atoms with Crippen LogP contribution in [-0.2, 0) is 18.2 Å². The van der Waals surface area contributed by atoms with Crippen LogP contribution in [0.3, 0.4) is 0 Å². The number of aromatic nitrogens is 4. The number of aliphatic hydroxyl groups excluding tert-OH is 1. The molecule has 0 saturated carbocycles. The zero-order valence-corrected chi connectivity index (χ0v) is 17.7. The van der Waals surface area contributed by atoms with Gasteiger partial charge >= 0.3 is 12.4 Å². The Balaban J connectivity index is 1.52. The first-order valence-corrected chi connectivity index (χ1v) is 10.6. The third-order valence-corrected chi connectivity index (χ3v) is 6.50. The third kappa shape index (κ3) is 4.51. The third-order valence-electron chi connectivity index (χ3n) is 5.73. The fourth-order valence-electron chi connectivity index (χ4n) is 3.86. The molecule has 0 radical (unpaired) electrons. The second kappa shape index (κ2) is 8.52. The minimum Gasteiger partial charge on any atom is -0.388 e. The Morgan fingerprint density at radius 2 is 1.61 bits per heavy atom. The van der Waals surface area contributed by atoms with Gasteiger partial charge in [0.1, 0.15) is 12.3 Å². The van der Waals surface area contributed by atoms with Crippen molar-refractivity contribution < 1.29 is 31.4 Å². The van der Waals surface area contributed by atoms with Crippen molar-refractivity contribution in [2.24, 2.45) is 0 Å². The van der Waals surface area contributed by atoms with Gasteiger partial charge in [0.2, 0.25) is 0 Å². The van der Waals surface area contributed by atoms with Gasteiger partial charge in [-0.05, 0) is 54.2 Å². The van der Waals surface area contributed by atoms with Crippen molar-refractivity contribution in [3.05, 3.63) is 53.3 Å².